The Morgan fingerprint density at radius 1 is 1.13 bits per heavy atom. The van der Waals surface area contributed by atoms with Crippen LogP contribution >= 0.6 is 0 Å². The van der Waals surface area contributed by atoms with E-state index in [4.69, 9.17) is 4.74 Å². The second-order valence-corrected chi connectivity index (χ2v) is 4.75. The first-order valence-electron chi connectivity index (χ1n) is 5.93. The van der Waals surface area contributed by atoms with Crippen LogP contribution in [0, 0.1) is 11.8 Å². The van der Waals surface area contributed by atoms with Gasteiger partial charge in [0.2, 0.25) is 0 Å². The SMILES string of the molecule is CC1[C@@H](OCc2ccccc2)CC[C@@H]1C. The molecule has 1 saturated carbocycles. The molecule has 82 valence electrons. The van der Waals surface area contributed by atoms with Gasteiger partial charge >= 0.3 is 0 Å². The molecule has 0 aromatic heterocycles. The zero-order chi connectivity index (χ0) is 10.7. The molecule has 1 aromatic rings. The van der Waals surface area contributed by atoms with Crippen molar-refractivity contribution in [2.45, 2.75) is 39.4 Å². The van der Waals surface area contributed by atoms with Crippen LogP contribution in [0.5, 0.6) is 0 Å². The zero-order valence-electron chi connectivity index (χ0n) is 9.65. The number of hydrogen-bond acceptors (Lipinski definition) is 1. The Labute approximate surface area is 92.5 Å². The first kappa shape index (κ1) is 10.7. The lowest BCUT2D eigenvalue weighted by atomic mass is 9.99. The molecule has 2 rings (SSSR count). The lowest BCUT2D eigenvalue weighted by molar-refractivity contribution is 0.0153. The van der Waals surface area contributed by atoms with Crippen LogP contribution in [-0.4, -0.2) is 6.10 Å². The zero-order valence-corrected chi connectivity index (χ0v) is 9.65. The van der Waals surface area contributed by atoms with E-state index in [1.54, 1.807) is 0 Å². The summed E-state index contributed by atoms with van der Waals surface area (Å²) >= 11 is 0. The molecule has 15 heavy (non-hydrogen) atoms. The Kier molecular flexibility index (Phi) is 3.42. The van der Waals surface area contributed by atoms with Gasteiger partial charge in [0.1, 0.15) is 0 Å². The first-order chi connectivity index (χ1) is 7.27. The van der Waals surface area contributed by atoms with Gasteiger partial charge in [0, 0.05) is 0 Å². The third kappa shape index (κ3) is 2.60. The van der Waals surface area contributed by atoms with Crippen molar-refractivity contribution in [3.63, 3.8) is 0 Å². The van der Waals surface area contributed by atoms with E-state index in [9.17, 15) is 0 Å². The van der Waals surface area contributed by atoms with Gasteiger partial charge in [-0.15, -0.1) is 0 Å². The molecule has 1 aromatic carbocycles. The van der Waals surface area contributed by atoms with Crippen LogP contribution in [0.4, 0.5) is 0 Å². The first-order valence-corrected chi connectivity index (χ1v) is 5.93. The second kappa shape index (κ2) is 4.80. The molecule has 0 heterocycles. The Balaban J connectivity index is 1.84. The van der Waals surface area contributed by atoms with Gasteiger partial charge in [0.05, 0.1) is 12.7 Å². The van der Waals surface area contributed by atoms with Crippen molar-refractivity contribution < 1.29 is 4.74 Å². The van der Waals surface area contributed by atoms with Gasteiger partial charge in [-0.25, -0.2) is 0 Å². The summed E-state index contributed by atoms with van der Waals surface area (Å²) in [7, 11) is 0. The molecule has 0 bridgehead atoms. The van der Waals surface area contributed by atoms with Gasteiger partial charge in [0.25, 0.3) is 0 Å². The summed E-state index contributed by atoms with van der Waals surface area (Å²) in [5, 5.41) is 0. The molecule has 1 heteroatoms. The maximum Gasteiger partial charge on any atom is 0.0720 e. The average molecular weight is 204 g/mol. The number of hydrogen-bond donors (Lipinski definition) is 0. The third-order valence-corrected chi connectivity index (χ3v) is 3.70. The van der Waals surface area contributed by atoms with Crippen molar-refractivity contribution in [1.29, 1.82) is 0 Å². The summed E-state index contributed by atoms with van der Waals surface area (Å²) in [5.74, 6) is 1.54. The normalized spacial score (nSPS) is 30.7. The van der Waals surface area contributed by atoms with Crippen molar-refractivity contribution in [3.05, 3.63) is 35.9 Å². The van der Waals surface area contributed by atoms with Crippen molar-refractivity contribution in [1.82, 2.24) is 0 Å². The standard InChI is InChI=1S/C14H20O/c1-11-8-9-14(12(11)2)15-10-13-6-4-3-5-7-13/h3-7,11-12,14H,8-10H2,1-2H3/t11-,12?,14-/m0/s1. The minimum Gasteiger partial charge on any atom is -0.373 e. The van der Waals surface area contributed by atoms with E-state index in [1.807, 2.05) is 6.07 Å². The summed E-state index contributed by atoms with van der Waals surface area (Å²) in [5.41, 5.74) is 1.28. The van der Waals surface area contributed by atoms with Crippen molar-refractivity contribution >= 4 is 0 Å². The van der Waals surface area contributed by atoms with E-state index < -0.39 is 0 Å². The molecule has 1 aliphatic rings. The summed E-state index contributed by atoms with van der Waals surface area (Å²) in [6, 6.07) is 10.4. The summed E-state index contributed by atoms with van der Waals surface area (Å²) in [6.45, 7) is 5.41. The Morgan fingerprint density at radius 3 is 2.47 bits per heavy atom. The van der Waals surface area contributed by atoms with Crippen molar-refractivity contribution in [3.8, 4) is 0 Å². The van der Waals surface area contributed by atoms with Crippen LogP contribution in [0.3, 0.4) is 0 Å². The Morgan fingerprint density at radius 2 is 1.87 bits per heavy atom. The molecule has 0 spiro atoms. The molecule has 0 N–H and O–H groups in total. The highest BCUT2D eigenvalue weighted by molar-refractivity contribution is 5.13. The van der Waals surface area contributed by atoms with Crippen molar-refractivity contribution in [2.24, 2.45) is 11.8 Å². The van der Waals surface area contributed by atoms with Crippen LogP contribution in [0.25, 0.3) is 0 Å². The molecule has 0 amide bonds. The van der Waals surface area contributed by atoms with Crippen LogP contribution in [-0.2, 0) is 11.3 Å². The highest BCUT2D eigenvalue weighted by atomic mass is 16.5. The molecule has 1 aliphatic carbocycles. The quantitative estimate of drug-likeness (QED) is 0.730. The minimum absolute atomic E-state index is 0.472. The molecular formula is C14H20O. The molecule has 0 radical (unpaired) electrons. The predicted molar refractivity (Wildman–Crippen MR) is 62.6 cm³/mol. The second-order valence-electron chi connectivity index (χ2n) is 4.75. The topological polar surface area (TPSA) is 9.23 Å². The summed E-state index contributed by atoms with van der Waals surface area (Å²) < 4.78 is 5.97. The van der Waals surface area contributed by atoms with Gasteiger partial charge in [-0.2, -0.15) is 0 Å². The van der Waals surface area contributed by atoms with E-state index in [0.717, 1.165) is 12.5 Å². The van der Waals surface area contributed by atoms with E-state index in [0.29, 0.717) is 12.0 Å². The fourth-order valence-corrected chi connectivity index (χ4v) is 2.33. The predicted octanol–water partition coefficient (Wildman–Crippen LogP) is 3.64. The molecule has 3 atom stereocenters. The Hall–Kier alpha value is -0.820. The summed E-state index contributed by atoms with van der Waals surface area (Å²) in [4.78, 5) is 0. The third-order valence-electron chi connectivity index (χ3n) is 3.70. The van der Waals surface area contributed by atoms with E-state index in [2.05, 4.69) is 38.1 Å². The molecule has 0 saturated heterocycles. The molecule has 1 unspecified atom stereocenters. The average Bonchev–Trinajstić information content (AvgIpc) is 2.59. The summed E-state index contributed by atoms with van der Waals surface area (Å²) in [6.07, 6.45) is 3.02. The number of ether oxygens (including phenoxy) is 1. The van der Waals surface area contributed by atoms with Crippen LogP contribution in [0.1, 0.15) is 32.3 Å². The molecule has 1 fully saturated rings. The van der Waals surface area contributed by atoms with E-state index in [1.165, 1.54) is 18.4 Å². The smallest absolute Gasteiger partial charge is 0.0720 e. The molecule has 0 aliphatic heterocycles. The lowest BCUT2D eigenvalue weighted by Crippen LogP contribution is -2.18. The number of rotatable bonds is 3. The highest BCUT2D eigenvalue weighted by Gasteiger charge is 2.30. The van der Waals surface area contributed by atoms with Gasteiger partial charge in [-0.05, 0) is 30.2 Å². The maximum absolute atomic E-state index is 5.97. The van der Waals surface area contributed by atoms with Crippen LogP contribution in [0.15, 0.2) is 30.3 Å². The van der Waals surface area contributed by atoms with Crippen LogP contribution < -0.4 is 0 Å². The van der Waals surface area contributed by atoms with Gasteiger partial charge in [0.15, 0.2) is 0 Å². The van der Waals surface area contributed by atoms with Crippen molar-refractivity contribution in [2.75, 3.05) is 0 Å². The highest BCUT2D eigenvalue weighted by Crippen LogP contribution is 2.33. The minimum atomic E-state index is 0.472. The van der Waals surface area contributed by atoms with Gasteiger partial charge in [-0.1, -0.05) is 44.2 Å². The van der Waals surface area contributed by atoms with E-state index >= 15 is 0 Å². The van der Waals surface area contributed by atoms with Gasteiger partial charge < -0.3 is 4.74 Å². The van der Waals surface area contributed by atoms with Crippen LogP contribution in [0.2, 0.25) is 0 Å². The molecule has 1 nitrogen and oxygen atoms in total. The number of benzene rings is 1. The largest absolute Gasteiger partial charge is 0.373 e. The van der Waals surface area contributed by atoms with Gasteiger partial charge in [-0.3, -0.25) is 0 Å². The molecular weight excluding hydrogens is 184 g/mol. The fourth-order valence-electron chi connectivity index (χ4n) is 2.33. The lowest BCUT2D eigenvalue weighted by Gasteiger charge is -2.18. The fraction of sp³-hybridized carbons (Fsp3) is 0.571. The maximum atomic E-state index is 5.97. The Bertz CT molecular complexity index is 293. The monoisotopic (exact) mass is 204 g/mol. The van der Waals surface area contributed by atoms with E-state index in [-0.39, 0.29) is 0 Å².